The molecule has 3 nitrogen and oxygen atoms in total. The fourth-order valence-electron chi connectivity index (χ4n) is 0.233. The van der Waals surface area contributed by atoms with E-state index in [1.165, 1.54) is 0 Å². The van der Waals surface area contributed by atoms with Crippen molar-refractivity contribution in [2.24, 2.45) is 0 Å². The smallest absolute Gasteiger partial charge is 0.873 e. The van der Waals surface area contributed by atoms with Crippen LogP contribution in [0.25, 0.3) is 0 Å². The number of carbonyl (C=O) groups is 1. The molecule has 0 saturated carbocycles. The van der Waals surface area contributed by atoms with E-state index in [9.17, 15) is 14.3 Å². The fraction of sp³-hybridized carbons (Fsp3) is 0.400. The molecule has 0 aromatic rings. The Morgan fingerprint density at radius 1 is 1.60 bits per heavy atom. The SMILES string of the molecule is COC(=O)/C(F)=C(/C)[O-].[Na+]. The van der Waals surface area contributed by atoms with Crippen LogP contribution in [0.1, 0.15) is 6.92 Å². The Hall–Kier alpha value is -0.0600. The maximum Gasteiger partial charge on any atom is 1.00 e. The fourth-order valence-corrected chi connectivity index (χ4v) is 0.233. The molecule has 0 aromatic carbocycles. The largest absolute Gasteiger partial charge is 1.00 e. The number of carbonyl (C=O) groups excluding carboxylic acids is 1. The molecule has 0 aliphatic carbocycles. The summed E-state index contributed by atoms with van der Waals surface area (Å²) in [5, 5.41) is 10.0. The summed E-state index contributed by atoms with van der Waals surface area (Å²) in [5.74, 6) is -3.50. The minimum Gasteiger partial charge on any atom is -0.873 e. The topological polar surface area (TPSA) is 49.4 Å². The van der Waals surface area contributed by atoms with Crippen molar-refractivity contribution in [3.63, 3.8) is 0 Å². The molecule has 0 heterocycles. The summed E-state index contributed by atoms with van der Waals surface area (Å²) in [7, 11) is 1.00. The number of hydrogen-bond donors (Lipinski definition) is 0. The van der Waals surface area contributed by atoms with E-state index in [0.717, 1.165) is 14.0 Å². The van der Waals surface area contributed by atoms with Crippen LogP contribution in [-0.2, 0) is 9.53 Å². The van der Waals surface area contributed by atoms with Crippen molar-refractivity contribution < 1.29 is 48.6 Å². The molecule has 0 aliphatic rings. The summed E-state index contributed by atoms with van der Waals surface area (Å²) in [6, 6.07) is 0. The second-order valence-electron chi connectivity index (χ2n) is 1.36. The van der Waals surface area contributed by atoms with E-state index >= 15 is 0 Å². The van der Waals surface area contributed by atoms with Crippen LogP contribution in [0.5, 0.6) is 0 Å². The van der Waals surface area contributed by atoms with Crippen LogP contribution in [0.3, 0.4) is 0 Å². The monoisotopic (exact) mass is 156 g/mol. The Morgan fingerprint density at radius 2 is 2.00 bits per heavy atom. The van der Waals surface area contributed by atoms with Crippen LogP contribution in [0.15, 0.2) is 11.6 Å². The molecule has 0 aliphatic heterocycles. The molecule has 0 atom stereocenters. The van der Waals surface area contributed by atoms with Gasteiger partial charge < -0.3 is 9.84 Å². The second-order valence-corrected chi connectivity index (χ2v) is 1.36. The normalized spacial score (nSPS) is 11.1. The summed E-state index contributed by atoms with van der Waals surface area (Å²) in [6.45, 7) is 0.951. The average molecular weight is 156 g/mol. The van der Waals surface area contributed by atoms with Gasteiger partial charge in [-0.3, -0.25) is 0 Å². The first-order chi connectivity index (χ1) is 4.09. The molecule has 5 heteroatoms. The van der Waals surface area contributed by atoms with Crippen molar-refractivity contribution >= 4 is 5.97 Å². The van der Waals surface area contributed by atoms with Crippen molar-refractivity contribution in [2.45, 2.75) is 6.92 Å². The zero-order chi connectivity index (χ0) is 7.44. The number of methoxy groups -OCH3 is 1. The molecular formula is C5H6FNaO3. The summed E-state index contributed by atoms with van der Waals surface area (Å²) in [6.07, 6.45) is 0. The van der Waals surface area contributed by atoms with Crippen molar-refractivity contribution in [2.75, 3.05) is 7.11 Å². The molecule has 0 aromatic heterocycles. The van der Waals surface area contributed by atoms with Gasteiger partial charge in [-0.2, -0.15) is 0 Å². The number of ether oxygens (including phenoxy) is 1. The molecule has 0 N–H and O–H groups in total. The first kappa shape index (κ1) is 12.6. The molecule has 0 amide bonds. The van der Waals surface area contributed by atoms with E-state index in [1.54, 1.807) is 0 Å². The predicted molar refractivity (Wildman–Crippen MR) is 25.8 cm³/mol. The maximum atomic E-state index is 12.0. The third-order valence-corrected chi connectivity index (χ3v) is 0.674. The van der Waals surface area contributed by atoms with Crippen LogP contribution in [0.4, 0.5) is 4.39 Å². The predicted octanol–water partition coefficient (Wildman–Crippen LogP) is -3.28. The number of rotatable bonds is 1. The Kier molecular flexibility index (Phi) is 7.19. The molecule has 0 rings (SSSR count). The van der Waals surface area contributed by atoms with Gasteiger partial charge in [-0.15, -0.1) is 0 Å². The zero-order valence-corrected chi connectivity index (χ0v) is 8.10. The minimum atomic E-state index is -1.36. The summed E-state index contributed by atoms with van der Waals surface area (Å²) < 4.78 is 15.9. The molecule has 0 spiro atoms. The van der Waals surface area contributed by atoms with Crippen molar-refractivity contribution in [3.8, 4) is 0 Å². The van der Waals surface area contributed by atoms with Gasteiger partial charge in [0.25, 0.3) is 0 Å². The summed E-state index contributed by atoms with van der Waals surface area (Å²) >= 11 is 0. The van der Waals surface area contributed by atoms with Crippen LogP contribution >= 0.6 is 0 Å². The van der Waals surface area contributed by atoms with Gasteiger partial charge in [0, 0.05) is 0 Å². The van der Waals surface area contributed by atoms with Crippen LogP contribution in [0, 0.1) is 0 Å². The van der Waals surface area contributed by atoms with Crippen LogP contribution < -0.4 is 34.7 Å². The Bertz CT molecular complexity index is 151. The van der Waals surface area contributed by atoms with Gasteiger partial charge in [0.2, 0.25) is 0 Å². The van der Waals surface area contributed by atoms with Gasteiger partial charge in [-0.05, 0) is 0 Å². The van der Waals surface area contributed by atoms with Crippen molar-refractivity contribution in [1.82, 2.24) is 0 Å². The standard InChI is InChI=1S/C5H7FO3.Na/c1-3(7)4(6)5(8)9-2;/h7H,1-2H3;/q;+1/p-1/b4-3+;. The molecule has 0 unspecified atom stereocenters. The molecule has 52 valence electrons. The van der Waals surface area contributed by atoms with Crippen LogP contribution in [-0.4, -0.2) is 13.1 Å². The van der Waals surface area contributed by atoms with Gasteiger partial charge in [-0.25, -0.2) is 9.18 Å². The van der Waals surface area contributed by atoms with Gasteiger partial charge in [0.05, 0.1) is 7.11 Å². The Morgan fingerprint density at radius 3 is 2.10 bits per heavy atom. The minimum absolute atomic E-state index is 0. The quantitative estimate of drug-likeness (QED) is 0.173. The molecule has 0 fully saturated rings. The number of halogens is 1. The van der Waals surface area contributed by atoms with Gasteiger partial charge in [0.15, 0.2) is 5.83 Å². The maximum absolute atomic E-state index is 12.0. The Balaban J connectivity index is 0. The number of allylic oxidation sites excluding steroid dienone is 1. The number of esters is 1. The summed E-state index contributed by atoms with van der Waals surface area (Å²) in [5.41, 5.74) is 0. The van der Waals surface area contributed by atoms with E-state index in [2.05, 4.69) is 4.74 Å². The van der Waals surface area contributed by atoms with Crippen molar-refractivity contribution in [3.05, 3.63) is 11.6 Å². The third-order valence-electron chi connectivity index (χ3n) is 0.674. The molecule has 0 bridgehead atoms. The van der Waals surface area contributed by atoms with E-state index in [0.29, 0.717) is 0 Å². The van der Waals surface area contributed by atoms with Gasteiger partial charge in [0.1, 0.15) is 0 Å². The molecule has 0 radical (unpaired) electrons. The third kappa shape index (κ3) is 3.87. The average Bonchev–Trinajstić information content (AvgIpc) is 1.84. The van der Waals surface area contributed by atoms with E-state index in [4.69, 9.17) is 0 Å². The molecule has 10 heavy (non-hydrogen) atoms. The molecule has 0 saturated heterocycles. The van der Waals surface area contributed by atoms with Crippen molar-refractivity contribution in [1.29, 1.82) is 0 Å². The Labute approximate surface area is 80.2 Å². The first-order valence-corrected chi connectivity index (χ1v) is 2.21. The zero-order valence-electron chi connectivity index (χ0n) is 6.10. The summed E-state index contributed by atoms with van der Waals surface area (Å²) in [4.78, 5) is 10.1. The van der Waals surface area contributed by atoms with Gasteiger partial charge >= 0.3 is 35.5 Å². The second kappa shape index (κ2) is 5.70. The van der Waals surface area contributed by atoms with Gasteiger partial charge in [-0.1, -0.05) is 12.7 Å². The van der Waals surface area contributed by atoms with E-state index in [1.807, 2.05) is 0 Å². The number of hydrogen-bond acceptors (Lipinski definition) is 3. The molecular weight excluding hydrogens is 150 g/mol. The van der Waals surface area contributed by atoms with E-state index in [-0.39, 0.29) is 29.6 Å². The van der Waals surface area contributed by atoms with Crippen LogP contribution in [0.2, 0.25) is 0 Å². The first-order valence-electron chi connectivity index (χ1n) is 2.21. The van der Waals surface area contributed by atoms with E-state index < -0.39 is 17.6 Å².